The van der Waals surface area contributed by atoms with E-state index < -0.39 is 0 Å². The highest BCUT2D eigenvalue weighted by Gasteiger charge is 2.26. The first-order valence-electron chi connectivity index (χ1n) is 6.91. The van der Waals surface area contributed by atoms with E-state index in [9.17, 15) is 0 Å². The summed E-state index contributed by atoms with van der Waals surface area (Å²) in [6.07, 6.45) is 8.62. The molecule has 3 rings (SSSR count). The first-order valence-corrected chi connectivity index (χ1v) is 7.70. The summed E-state index contributed by atoms with van der Waals surface area (Å²) in [7, 11) is 0. The van der Waals surface area contributed by atoms with E-state index in [2.05, 4.69) is 38.3 Å². The molecule has 19 heavy (non-hydrogen) atoms. The fourth-order valence-electron chi connectivity index (χ4n) is 2.81. The molecule has 4 nitrogen and oxygen atoms in total. The van der Waals surface area contributed by atoms with Crippen molar-refractivity contribution in [3.05, 3.63) is 22.8 Å². The molecule has 0 aliphatic heterocycles. The Morgan fingerprint density at radius 1 is 1.32 bits per heavy atom. The minimum atomic E-state index is 0.399. The average molecular weight is 323 g/mol. The first kappa shape index (κ1) is 12.9. The number of fused-ring (bicyclic) bond motifs is 1. The van der Waals surface area contributed by atoms with E-state index in [4.69, 9.17) is 0 Å². The van der Waals surface area contributed by atoms with Crippen LogP contribution in [0.1, 0.15) is 39.0 Å². The van der Waals surface area contributed by atoms with Crippen molar-refractivity contribution >= 4 is 27.5 Å². The summed E-state index contributed by atoms with van der Waals surface area (Å²) >= 11 is 3.44. The number of rotatable bonds is 3. The Balaban J connectivity index is 1.71. The maximum Gasteiger partial charge on any atom is 0.243 e. The van der Waals surface area contributed by atoms with E-state index in [0.717, 1.165) is 22.6 Å². The highest BCUT2D eigenvalue weighted by molar-refractivity contribution is 9.10. The van der Waals surface area contributed by atoms with Gasteiger partial charge in [0.2, 0.25) is 5.95 Å². The second-order valence-electron chi connectivity index (χ2n) is 5.81. The van der Waals surface area contributed by atoms with Crippen molar-refractivity contribution in [3.8, 4) is 0 Å². The van der Waals surface area contributed by atoms with Gasteiger partial charge >= 0.3 is 0 Å². The number of hydrogen-bond donors (Lipinski definition) is 1. The number of nitrogens with zero attached hydrogens (tertiary/aromatic N) is 3. The quantitative estimate of drug-likeness (QED) is 0.932. The van der Waals surface area contributed by atoms with Crippen LogP contribution in [0.15, 0.2) is 22.8 Å². The van der Waals surface area contributed by atoms with Gasteiger partial charge in [0.25, 0.3) is 0 Å². The van der Waals surface area contributed by atoms with Gasteiger partial charge < -0.3 is 5.32 Å². The maximum atomic E-state index is 4.49. The Morgan fingerprint density at radius 2 is 2.11 bits per heavy atom. The first-order chi connectivity index (χ1) is 9.15. The third kappa shape index (κ3) is 2.91. The maximum absolute atomic E-state index is 4.49. The molecule has 1 fully saturated rings. The van der Waals surface area contributed by atoms with Gasteiger partial charge in [-0.3, -0.25) is 0 Å². The molecule has 0 spiro atoms. The highest BCUT2D eigenvalue weighted by atomic mass is 79.9. The number of nitrogens with one attached hydrogen (secondary N) is 1. The van der Waals surface area contributed by atoms with E-state index in [1.54, 1.807) is 4.52 Å². The number of hydrogen-bond acceptors (Lipinski definition) is 3. The van der Waals surface area contributed by atoms with Gasteiger partial charge in [-0.25, -0.2) is 4.52 Å². The van der Waals surface area contributed by atoms with Gasteiger partial charge in [-0.2, -0.15) is 4.98 Å². The lowest BCUT2D eigenvalue weighted by atomic mass is 9.76. The molecule has 0 radical (unpaired) electrons. The third-order valence-corrected chi connectivity index (χ3v) is 4.50. The SMILES string of the molecule is CC1(CNc2nc3ccc(Br)cn3n2)CCCCC1. The summed E-state index contributed by atoms with van der Waals surface area (Å²) in [6, 6.07) is 3.95. The van der Waals surface area contributed by atoms with Crippen LogP contribution in [0.2, 0.25) is 0 Å². The molecule has 0 aromatic carbocycles. The van der Waals surface area contributed by atoms with Crippen LogP contribution in [0, 0.1) is 5.41 Å². The molecule has 1 N–H and O–H groups in total. The molecule has 5 heteroatoms. The van der Waals surface area contributed by atoms with Gasteiger partial charge in [-0.05, 0) is 46.3 Å². The number of halogens is 1. The summed E-state index contributed by atoms with van der Waals surface area (Å²) in [5.74, 6) is 0.727. The van der Waals surface area contributed by atoms with E-state index in [0.29, 0.717) is 5.41 Å². The zero-order valence-electron chi connectivity index (χ0n) is 11.2. The number of pyridine rings is 1. The monoisotopic (exact) mass is 322 g/mol. The fraction of sp³-hybridized carbons (Fsp3) is 0.571. The lowest BCUT2D eigenvalue weighted by molar-refractivity contribution is 0.233. The standard InChI is InChI=1S/C14H19BrN4/c1-14(7-3-2-4-8-14)10-16-13-17-12-6-5-11(15)9-19(12)18-13/h5-6,9H,2-4,7-8,10H2,1H3,(H,16,18). The van der Waals surface area contributed by atoms with Crippen LogP contribution in [-0.2, 0) is 0 Å². The summed E-state index contributed by atoms with van der Waals surface area (Å²) in [4.78, 5) is 4.49. The van der Waals surface area contributed by atoms with Crippen molar-refractivity contribution in [2.24, 2.45) is 5.41 Å². The van der Waals surface area contributed by atoms with Gasteiger partial charge in [0.05, 0.1) is 0 Å². The van der Waals surface area contributed by atoms with Crippen LogP contribution < -0.4 is 5.32 Å². The molecule has 0 atom stereocenters. The topological polar surface area (TPSA) is 42.2 Å². The largest absolute Gasteiger partial charge is 0.352 e. The summed E-state index contributed by atoms with van der Waals surface area (Å²) in [5.41, 5.74) is 1.27. The van der Waals surface area contributed by atoms with Gasteiger partial charge in [0, 0.05) is 17.2 Å². The van der Waals surface area contributed by atoms with Crippen molar-refractivity contribution in [3.63, 3.8) is 0 Å². The van der Waals surface area contributed by atoms with Crippen molar-refractivity contribution in [2.45, 2.75) is 39.0 Å². The smallest absolute Gasteiger partial charge is 0.243 e. The van der Waals surface area contributed by atoms with Crippen LogP contribution in [0.3, 0.4) is 0 Å². The molecule has 0 amide bonds. The van der Waals surface area contributed by atoms with Gasteiger partial charge in [0.1, 0.15) is 0 Å². The lowest BCUT2D eigenvalue weighted by Gasteiger charge is -2.33. The Bertz CT molecular complexity index is 572. The molecule has 2 heterocycles. The molecule has 1 saturated carbocycles. The zero-order chi connectivity index (χ0) is 13.3. The molecular weight excluding hydrogens is 304 g/mol. The number of anilines is 1. The van der Waals surface area contributed by atoms with E-state index in [-0.39, 0.29) is 0 Å². The Morgan fingerprint density at radius 3 is 2.89 bits per heavy atom. The van der Waals surface area contributed by atoms with Crippen LogP contribution in [0.25, 0.3) is 5.65 Å². The van der Waals surface area contributed by atoms with E-state index in [1.807, 2.05) is 18.3 Å². The van der Waals surface area contributed by atoms with Crippen molar-refractivity contribution in [1.82, 2.24) is 14.6 Å². The Labute approximate surface area is 121 Å². The molecule has 0 saturated heterocycles. The predicted molar refractivity (Wildman–Crippen MR) is 80.4 cm³/mol. The molecule has 2 aromatic heterocycles. The normalized spacial score (nSPS) is 18.6. The van der Waals surface area contributed by atoms with Crippen LogP contribution in [0.4, 0.5) is 5.95 Å². The summed E-state index contributed by atoms with van der Waals surface area (Å²) in [6.45, 7) is 3.33. The minimum Gasteiger partial charge on any atom is -0.352 e. The second kappa shape index (κ2) is 5.12. The zero-order valence-corrected chi connectivity index (χ0v) is 12.8. The second-order valence-corrected chi connectivity index (χ2v) is 6.73. The van der Waals surface area contributed by atoms with E-state index in [1.165, 1.54) is 32.1 Å². The third-order valence-electron chi connectivity index (χ3n) is 4.03. The van der Waals surface area contributed by atoms with Crippen molar-refractivity contribution < 1.29 is 0 Å². The van der Waals surface area contributed by atoms with Crippen molar-refractivity contribution in [1.29, 1.82) is 0 Å². The van der Waals surface area contributed by atoms with Crippen LogP contribution in [-0.4, -0.2) is 21.1 Å². The molecular formula is C14H19BrN4. The summed E-state index contributed by atoms with van der Waals surface area (Å²) in [5, 5.41) is 7.86. The fourth-order valence-corrected chi connectivity index (χ4v) is 3.13. The molecule has 1 aliphatic carbocycles. The average Bonchev–Trinajstić information content (AvgIpc) is 2.79. The molecule has 1 aliphatic rings. The molecule has 0 bridgehead atoms. The summed E-state index contributed by atoms with van der Waals surface area (Å²) < 4.78 is 2.81. The molecule has 0 unspecified atom stereocenters. The lowest BCUT2D eigenvalue weighted by Crippen LogP contribution is -2.29. The van der Waals surface area contributed by atoms with Crippen LogP contribution >= 0.6 is 15.9 Å². The molecule has 2 aromatic rings. The Hall–Kier alpha value is -1.10. The van der Waals surface area contributed by atoms with Crippen LogP contribution in [0.5, 0.6) is 0 Å². The van der Waals surface area contributed by atoms with Gasteiger partial charge in [-0.1, -0.05) is 26.2 Å². The molecule has 102 valence electrons. The van der Waals surface area contributed by atoms with Gasteiger partial charge in [0.15, 0.2) is 5.65 Å². The van der Waals surface area contributed by atoms with Gasteiger partial charge in [-0.15, -0.1) is 5.10 Å². The van der Waals surface area contributed by atoms with E-state index >= 15 is 0 Å². The highest BCUT2D eigenvalue weighted by Crippen LogP contribution is 2.35. The Kier molecular flexibility index (Phi) is 3.48. The predicted octanol–water partition coefficient (Wildman–Crippen LogP) is 3.87. The number of aromatic nitrogens is 3. The van der Waals surface area contributed by atoms with Crippen molar-refractivity contribution in [2.75, 3.05) is 11.9 Å². The minimum absolute atomic E-state index is 0.399.